The summed E-state index contributed by atoms with van der Waals surface area (Å²) in [6.45, 7) is 11.6. The lowest BCUT2D eigenvalue weighted by molar-refractivity contribution is 0.266. The Morgan fingerprint density at radius 3 is 2.02 bits per heavy atom. The van der Waals surface area contributed by atoms with Gasteiger partial charge in [-0.2, -0.15) is 0 Å². The van der Waals surface area contributed by atoms with E-state index in [0.29, 0.717) is 0 Å². The lowest BCUT2D eigenvalue weighted by atomic mass is 9.73. The van der Waals surface area contributed by atoms with Crippen molar-refractivity contribution in [3.8, 4) is 0 Å². The van der Waals surface area contributed by atoms with Crippen molar-refractivity contribution < 1.29 is 0 Å². The zero-order valence-corrected chi connectivity index (χ0v) is 27.6. The molecule has 0 amide bonds. The highest BCUT2D eigenvalue weighted by molar-refractivity contribution is 5.95. The van der Waals surface area contributed by atoms with E-state index >= 15 is 0 Å². The number of hydrogen-bond donors (Lipinski definition) is 1. The number of allylic oxidation sites excluding steroid dienone is 7. The van der Waals surface area contributed by atoms with Gasteiger partial charge in [-0.15, -0.1) is 0 Å². The maximum absolute atomic E-state index is 4.09. The van der Waals surface area contributed by atoms with Crippen molar-refractivity contribution in [3.63, 3.8) is 0 Å². The molecule has 1 fully saturated rings. The van der Waals surface area contributed by atoms with Crippen molar-refractivity contribution in [2.75, 3.05) is 29.9 Å². The number of likely N-dealkylation sites (N-methyl/N-ethyl adjacent to an activating group) is 1. The Balaban J connectivity index is 1.17. The standard InChI is InChI=1S/C42H47N3/c1-40(2)37(44(5)35-26-24-31-19-12-14-21-33(31)38(35)40)23-11-7-6-8-16-28-42-41(3,4)39-34-22-15-13-20-32(34)25-27-36(39)45(42)30-18-10-9-17-29-43-42/h6-8,11-16,19-28,43H,9-10,17-18,29-30H2,1-5H3/b8-6+,11-7+,28-16+,37-23+. The van der Waals surface area contributed by atoms with Crippen LogP contribution in [-0.4, -0.2) is 25.8 Å². The molecule has 3 aliphatic heterocycles. The summed E-state index contributed by atoms with van der Waals surface area (Å²) >= 11 is 0. The van der Waals surface area contributed by atoms with Gasteiger partial charge in [0.25, 0.3) is 0 Å². The molecular weight excluding hydrogens is 546 g/mol. The second kappa shape index (κ2) is 11.4. The third kappa shape index (κ3) is 4.67. The fourth-order valence-electron chi connectivity index (χ4n) is 8.59. The van der Waals surface area contributed by atoms with Crippen molar-refractivity contribution in [1.29, 1.82) is 0 Å². The Hall–Kier alpha value is -4.08. The third-order valence-electron chi connectivity index (χ3n) is 10.8. The van der Waals surface area contributed by atoms with Gasteiger partial charge in [0.1, 0.15) is 5.66 Å². The largest absolute Gasteiger partial charge is 0.349 e. The summed E-state index contributed by atoms with van der Waals surface area (Å²) in [6.07, 6.45) is 20.7. The molecule has 0 bridgehead atoms. The van der Waals surface area contributed by atoms with Crippen LogP contribution in [0.1, 0.15) is 64.5 Å². The lowest BCUT2D eigenvalue weighted by Gasteiger charge is -2.47. The second-order valence-corrected chi connectivity index (χ2v) is 14.1. The number of hydrogen-bond acceptors (Lipinski definition) is 3. The smallest absolute Gasteiger partial charge is 0.120 e. The first-order chi connectivity index (χ1) is 21.8. The molecule has 0 spiro atoms. The van der Waals surface area contributed by atoms with Gasteiger partial charge in [0, 0.05) is 41.5 Å². The van der Waals surface area contributed by atoms with Crippen LogP contribution in [0.25, 0.3) is 21.5 Å². The van der Waals surface area contributed by atoms with Gasteiger partial charge in [-0.3, -0.25) is 5.32 Å². The molecule has 3 heteroatoms. The molecule has 3 heterocycles. The molecule has 45 heavy (non-hydrogen) atoms. The van der Waals surface area contributed by atoms with Crippen LogP contribution in [0, 0.1) is 0 Å². The highest BCUT2D eigenvalue weighted by Crippen LogP contribution is 2.54. The van der Waals surface area contributed by atoms with E-state index in [1.54, 1.807) is 0 Å². The number of nitrogens with zero attached hydrogens (tertiary/aromatic N) is 2. The zero-order chi connectivity index (χ0) is 31.2. The zero-order valence-electron chi connectivity index (χ0n) is 27.6. The van der Waals surface area contributed by atoms with E-state index in [9.17, 15) is 0 Å². The van der Waals surface area contributed by atoms with Crippen molar-refractivity contribution in [2.45, 2.75) is 69.9 Å². The average Bonchev–Trinajstić information content (AvgIpc) is 3.40. The molecule has 1 saturated heterocycles. The van der Waals surface area contributed by atoms with Crippen LogP contribution < -0.4 is 15.1 Å². The molecule has 230 valence electrons. The van der Waals surface area contributed by atoms with E-state index in [1.807, 2.05) is 0 Å². The van der Waals surface area contributed by atoms with E-state index in [-0.39, 0.29) is 16.5 Å². The molecule has 7 rings (SSSR count). The van der Waals surface area contributed by atoms with E-state index in [1.165, 1.54) is 75.4 Å². The van der Waals surface area contributed by atoms with Crippen LogP contribution >= 0.6 is 0 Å². The minimum Gasteiger partial charge on any atom is -0.349 e. The molecular formula is C42H47N3. The maximum Gasteiger partial charge on any atom is 0.120 e. The topological polar surface area (TPSA) is 18.5 Å². The van der Waals surface area contributed by atoms with Crippen molar-refractivity contribution in [2.24, 2.45) is 0 Å². The Bertz CT molecular complexity index is 1870. The quantitative estimate of drug-likeness (QED) is 0.238. The summed E-state index contributed by atoms with van der Waals surface area (Å²) in [4.78, 5) is 5.03. The van der Waals surface area contributed by atoms with Crippen molar-refractivity contribution >= 4 is 32.9 Å². The predicted octanol–water partition coefficient (Wildman–Crippen LogP) is 9.93. The van der Waals surface area contributed by atoms with Gasteiger partial charge in [-0.1, -0.05) is 132 Å². The van der Waals surface area contributed by atoms with Crippen LogP contribution in [0.15, 0.2) is 121 Å². The Kier molecular flexibility index (Phi) is 7.49. The monoisotopic (exact) mass is 593 g/mol. The first kappa shape index (κ1) is 29.6. The first-order valence-corrected chi connectivity index (χ1v) is 16.8. The number of rotatable bonds is 4. The van der Waals surface area contributed by atoms with Gasteiger partial charge < -0.3 is 9.80 Å². The Labute approximate surface area is 269 Å². The molecule has 0 radical (unpaired) electrons. The molecule has 0 aliphatic carbocycles. The fraction of sp³-hybridized carbons (Fsp3) is 0.333. The SMILES string of the molecule is CN1/C(=C/C=C/C=C/C=C/C23NCCCCCCN2c2ccc4ccccc4c2C3(C)C)C(C)(C)c2c1ccc1ccccc21. The molecule has 1 atom stereocenters. The molecule has 3 nitrogen and oxygen atoms in total. The normalized spacial score (nSPS) is 23.6. The predicted molar refractivity (Wildman–Crippen MR) is 194 cm³/mol. The molecule has 0 saturated carbocycles. The van der Waals surface area contributed by atoms with Crippen LogP contribution in [0.2, 0.25) is 0 Å². The van der Waals surface area contributed by atoms with Crippen LogP contribution in [0.3, 0.4) is 0 Å². The molecule has 1 N–H and O–H groups in total. The number of anilines is 2. The van der Waals surface area contributed by atoms with Crippen molar-refractivity contribution in [3.05, 3.63) is 132 Å². The number of benzene rings is 4. The summed E-state index contributed by atoms with van der Waals surface area (Å²) in [6, 6.07) is 26.8. The van der Waals surface area contributed by atoms with Gasteiger partial charge in [-0.05, 0) is 76.3 Å². The highest BCUT2D eigenvalue weighted by atomic mass is 15.4. The van der Waals surface area contributed by atoms with Gasteiger partial charge in [0.2, 0.25) is 0 Å². The molecule has 3 aliphatic rings. The number of fused-ring (bicyclic) bond motifs is 8. The van der Waals surface area contributed by atoms with Crippen molar-refractivity contribution in [1.82, 2.24) is 5.32 Å². The maximum atomic E-state index is 4.09. The van der Waals surface area contributed by atoms with Crippen LogP contribution in [-0.2, 0) is 10.8 Å². The average molecular weight is 594 g/mol. The summed E-state index contributed by atoms with van der Waals surface area (Å²) in [5.41, 5.74) is 6.40. The second-order valence-electron chi connectivity index (χ2n) is 14.1. The first-order valence-electron chi connectivity index (χ1n) is 16.8. The summed E-state index contributed by atoms with van der Waals surface area (Å²) in [5, 5.41) is 9.44. The Morgan fingerprint density at radius 1 is 0.644 bits per heavy atom. The molecule has 4 aromatic carbocycles. The summed E-state index contributed by atoms with van der Waals surface area (Å²) < 4.78 is 0. The van der Waals surface area contributed by atoms with Gasteiger partial charge in [0.05, 0.1) is 0 Å². The molecule has 0 aromatic heterocycles. The molecule has 4 aromatic rings. The van der Waals surface area contributed by atoms with E-state index < -0.39 is 0 Å². The van der Waals surface area contributed by atoms with E-state index in [2.05, 4.69) is 165 Å². The Morgan fingerprint density at radius 2 is 1.27 bits per heavy atom. The van der Waals surface area contributed by atoms with Gasteiger partial charge in [-0.25, -0.2) is 0 Å². The third-order valence-corrected chi connectivity index (χ3v) is 10.8. The summed E-state index contributed by atoms with van der Waals surface area (Å²) in [7, 11) is 2.19. The number of nitrogens with one attached hydrogen (secondary N) is 1. The van der Waals surface area contributed by atoms with E-state index in [0.717, 1.165) is 13.1 Å². The minimum absolute atomic E-state index is 0.0721. The van der Waals surface area contributed by atoms with Crippen LogP contribution in [0.5, 0.6) is 0 Å². The minimum atomic E-state index is -0.287. The van der Waals surface area contributed by atoms with Crippen LogP contribution in [0.4, 0.5) is 11.4 Å². The van der Waals surface area contributed by atoms with Gasteiger partial charge in [0.15, 0.2) is 0 Å². The lowest BCUT2D eigenvalue weighted by Crippen LogP contribution is -2.64. The summed E-state index contributed by atoms with van der Waals surface area (Å²) in [5.74, 6) is 0. The fourth-order valence-corrected chi connectivity index (χ4v) is 8.59. The van der Waals surface area contributed by atoms with Gasteiger partial charge >= 0.3 is 0 Å². The van der Waals surface area contributed by atoms with E-state index in [4.69, 9.17) is 0 Å². The highest BCUT2D eigenvalue weighted by Gasteiger charge is 2.55. The molecule has 1 unspecified atom stereocenters.